The topological polar surface area (TPSA) is 59.0 Å². The third kappa shape index (κ3) is 4.05. The number of rotatable bonds is 5. The molecule has 5 nitrogen and oxygen atoms in total. The molecule has 0 aliphatic carbocycles. The van der Waals surface area contributed by atoms with Crippen LogP contribution in [-0.4, -0.2) is 28.4 Å². The molecule has 0 spiro atoms. The monoisotopic (exact) mass is 400 g/mol. The Balaban J connectivity index is 1.96. The van der Waals surface area contributed by atoms with E-state index in [1.807, 2.05) is 6.92 Å². The lowest BCUT2D eigenvalue weighted by Crippen LogP contribution is -2.36. The molecule has 1 aliphatic rings. The molecule has 1 amide bonds. The summed E-state index contributed by atoms with van der Waals surface area (Å²) in [6.07, 6.45) is -3.12. The lowest BCUT2D eigenvalue weighted by Gasteiger charge is -2.33. The summed E-state index contributed by atoms with van der Waals surface area (Å²) in [4.78, 5) is 12.3. The first-order chi connectivity index (χ1) is 12.8. The smallest absolute Gasteiger partial charge is 0.362 e. The Morgan fingerprint density at radius 3 is 2.70 bits per heavy atom. The number of nitrogens with one attached hydrogen (secondary N) is 2. The van der Waals surface area contributed by atoms with Crippen LogP contribution in [0.5, 0.6) is 0 Å². The maximum absolute atomic E-state index is 13.7. The number of hydrogen-bond acceptors (Lipinski definition) is 3. The van der Waals surface area contributed by atoms with Crippen molar-refractivity contribution in [2.24, 2.45) is 0 Å². The standard InChI is InChI=1S/C18H20ClF3N4O/c1-2-3-9-23-17(27)15-14(19)16-24-12(11-7-5-4-6-8-11)10-13(18(20,21)22)26(16)25-15/h4-8,12-13,24H,2-3,9-10H2,1H3,(H,23,27). The maximum Gasteiger partial charge on any atom is 0.410 e. The Morgan fingerprint density at radius 2 is 2.07 bits per heavy atom. The Bertz CT molecular complexity index is 807. The van der Waals surface area contributed by atoms with Crippen LogP contribution in [0.4, 0.5) is 19.0 Å². The number of aromatic nitrogens is 2. The van der Waals surface area contributed by atoms with Crippen LogP contribution in [-0.2, 0) is 0 Å². The second-order valence-corrected chi connectivity index (χ2v) is 6.84. The fourth-order valence-electron chi connectivity index (χ4n) is 3.10. The average molecular weight is 401 g/mol. The molecule has 1 aromatic carbocycles. The molecular weight excluding hydrogens is 381 g/mol. The fourth-order valence-corrected chi connectivity index (χ4v) is 3.37. The van der Waals surface area contributed by atoms with Crippen LogP contribution in [0, 0.1) is 0 Å². The van der Waals surface area contributed by atoms with E-state index in [0.717, 1.165) is 17.5 Å². The van der Waals surface area contributed by atoms with E-state index < -0.39 is 24.2 Å². The van der Waals surface area contributed by atoms with Crippen molar-refractivity contribution in [1.29, 1.82) is 0 Å². The van der Waals surface area contributed by atoms with Gasteiger partial charge in [-0.05, 0) is 12.0 Å². The molecule has 2 N–H and O–H groups in total. The minimum absolute atomic E-state index is 0.0136. The Labute approximate surface area is 159 Å². The SMILES string of the molecule is CCCCNC(=O)c1nn2c(c1Cl)NC(c1ccccc1)CC2C(F)(F)F. The highest BCUT2D eigenvalue weighted by molar-refractivity contribution is 6.36. The maximum atomic E-state index is 13.7. The van der Waals surface area contributed by atoms with Gasteiger partial charge in [-0.2, -0.15) is 18.3 Å². The van der Waals surface area contributed by atoms with Crippen LogP contribution in [0.1, 0.15) is 54.3 Å². The van der Waals surface area contributed by atoms with Gasteiger partial charge in [0.25, 0.3) is 5.91 Å². The van der Waals surface area contributed by atoms with Gasteiger partial charge in [0.15, 0.2) is 11.7 Å². The van der Waals surface area contributed by atoms with E-state index in [0.29, 0.717) is 12.1 Å². The second-order valence-electron chi connectivity index (χ2n) is 6.47. The summed E-state index contributed by atoms with van der Waals surface area (Å²) in [7, 11) is 0. The van der Waals surface area contributed by atoms with E-state index in [4.69, 9.17) is 11.6 Å². The van der Waals surface area contributed by atoms with E-state index in [9.17, 15) is 18.0 Å². The lowest BCUT2D eigenvalue weighted by atomic mass is 9.97. The van der Waals surface area contributed by atoms with E-state index in [1.165, 1.54) is 0 Å². The van der Waals surface area contributed by atoms with Gasteiger partial charge in [0, 0.05) is 13.0 Å². The van der Waals surface area contributed by atoms with Gasteiger partial charge < -0.3 is 10.6 Å². The number of nitrogens with zero attached hydrogens (tertiary/aromatic N) is 2. The van der Waals surface area contributed by atoms with Crippen molar-refractivity contribution >= 4 is 23.3 Å². The molecule has 0 radical (unpaired) electrons. The van der Waals surface area contributed by atoms with E-state index in [2.05, 4.69) is 15.7 Å². The summed E-state index contributed by atoms with van der Waals surface area (Å²) in [5.74, 6) is -0.561. The van der Waals surface area contributed by atoms with E-state index in [1.54, 1.807) is 30.3 Å². The molecule has 146 valence electrons. The van der Waals surface area contributed by atoms with Crippen LogP contribution < -0.4 is 10.6 Å². The number of amides is 1. The summed E-state index contributed by atoms with van der Waals surface area (Å²) in [5, 5.41) is 9.45. The molecule has 2 heterocycles. The Kier molecular flexibility index (Phi) is 5.64. The third-order valence-electron chi connectivity index (χ3n) is 4.53. The number of halogens is 4. The first-order valence-electron chi connectivity index (χ1n) is 8.77. The highest BCUT2D eigenvalue weighted by Crippen LogP contribution is 2.46. The van der Waals surface area contributed by atoms with Crippen molar-refractivity contribution in [3.8, 4) is 0 Å². The average Bonchev–Trinajstić information content (AvgIpc) is 2.98. The van der Waals surface area contributed by atoms with Crippen molar-refractivity contribution in [2.45, 2.75) is 44.4 Å². The van der Waals surface area contributed by atoms with Crippen molar-refractivity contribution in [3.63, 3.8) is 0 Å². The molecule has 0 bridgehead atoms. The molecule has 1 aliphatic heterocycles. The van der Waals surface area contributed by atoms with Crippen molar-refractivity contribution < 1.29 is 18.0 Å². The van der Waals surface area contributed by atoms with Crippen LogP contribution >= 0.6 is 11.6 Å². The number of carbonyl (C=O) groups excluding carboxylic acids is 1. The predicted molar refractivity (Wildman–Crippen MR) is 97.0 cm³/mol. The van der Waals surface area contributed by atoms with Gasteiger partial charge in [0.05, 0.1) is 6.04 Å². The number of carbonyl (C=O) groups is 1. The second kappa shape index (κ2) is 7.80. The van der Waals surface area contributed by atoms with Gasteiger partial charge in [-0.3, -0.25) is 4.79 Å². The number of anilines is 1. The minimum atomic E-state index is -4.52. The van der Waals surface area contributed by atoms with Crippen LogP contribution in [0.3, 0.4) is 0 Å². The van der Waals surface area contributed by atoms with Gasteiger partial charge >= 0.3 is 6.18 Å². The van der Waals surface area contributed by atoms with Gasteiger partial charge in [0.2, 0.25) is 0 Å². The molecule has 2 atom stereocenters. The number of fused-ring (bicyclic) bond motifs is 1. The number of alkyl halides is 3. The lowest BCUT2D eigenvalue weighted by molar-refractivity contribution is -0.173. The summed E-state index contributed by atoms with van der Waals surface area (Å²) in [6.45, 7) is 2.38. The normalized spacial score (nSPS) is 19.3. The molecular formula is C18H20ClF3N4O. The number of benzene rings is 1. The molecule has 0 saturated carbocycles. The molecule has 27 heavy (non-hydrogen) atoms. The van der Waals surface area contributed by atoms with Gasteiger partial charge in [-0.15, -0.1) is 0 Å². The summed E-state index contributed by atoms with van der Waals surface area (Å²) in [6, 6.07) is 6.37. The fraction of sp³-hybridized carbons (Fsp3) is 0.444. The highest BCUT2D eigenvalue weighted by Gasteiger charge is 2.47. The van der Waals surface area contributed by atoms with Crippen molar-refractivity contribution in [2.75, 3.05) is 11.9 Å². The van der Waals surface area contributed by atoms with E-state index >= 15 is 0 Å². The predicted octanol–water partition coefficient (Wildman–Crippen LogP) is 4.73. The molecule has 0 fully saturated rings. The first-order valence-corrected chi connectivity index (χ1v) is 9.15. The summed E-state index contributed by atoms with van der Waals surface area (Å²) in [5.41, 5.74) is 0.516. The zero-order chi connectivity index (χ0) is 19.6. The van der Waals surface area contributed by atoms with Crippen molar-refractivity contribution in [1.82, 2.24) is 15.1 Å². The van der Waals surface area contributed by atoms with Gasteiger partial charge in [-0.25, -0.2) is 4.68 Å². The largest absolute Gasteiger partial charge is 0.410 e. The van der Waals surface area contributed by atoms with Gasteiger partial charge in [-0.1, -0.05) is 55.3 Å². The molecule has 3 rings (SSSR count). The highest BCUT2D eigenvalue weighted by atomic mass is 35.5. The van der Waals surface area contributed by atoms with Crippen LogP contribution in [0.15, 0.2) is 30.3 Å². The minimum Gasteiger partial charge on any atom is -0.362 e. The molecule has 2 aromatic rings. The zero-order valence-electron chi connectivity index (χ0n) is 14.7. The molecule has 0 saturated heterocycles. The summed E-state index contributed by atoms with van der Waals surface area (Å²) < 4.78 is 41.8. The van der Waals surface area contributed by atoms with Gasteiger partial charge in [0.1, 0.15) is 10.8 Å². The molecule has 9 heteroatoms. The molecule has 1 aromatic heterocycles. The van der Waals surface area contributed by atoms with E-state index in [-0.39, 0.29) is 23.0 Å². The molecule has 2 unspecified atom stereocenters. The Hall–Kier alpha value is -2.22. The number of hydrogen-bond donors (Lipinski definition) is 2. The van der Waals surface area contributed by atoms with Crippen LogP contribution in [0.25, 0.3) is 0 Å². The third-order valence-corrected chi connectivity index (χ3v) is 4.89. The Morgan fingerprint density at radius 1 is 1.37 bits per heavy atom. The summed E-state index contributed by atoms with van der Waals surface area (Å²) >= 11 is 6.24. The number of unbranched alkanes of at least 4 members (excludes halogenated alkanes) is 1. The quantitative estimate of drug-likeness (QED) is 0.713. The first kappa shape index (κ1) is 19.5. The van der Waals surface area contributed by atoms with Crippen LogP contribution in [0.2, 0.25) is 5.02 Å². The van der Waals surface area contributed by atoms with Crippen molar-refractivity contribution in [3.05, 3.63) is 46.6 Å². The zero-order valence-corrected chi connectivity index (χ0v) is 15.4.